The fourth-order valence-electron chi connectivity index (χ4n) is 2.12. The number of hydrogen-bond donors (Lipinski definition) is 2. The third kappa shape index (κ3) is 6.15. The smallest absolute Gasteiger partial charge is 0.321 e. The van der Waals surface area contributed by atoms with Crippen LogP contribution in [0.25, 0.3) is 0 Å². The second kappa shape index (κ2) is 9.68. The van der Waals surface area contributed by atoms with Crippen LogP contribution in [-0.2, 0) is 11.3 Å². The number of rotatable bonds is 8. The summed E-state index contributed by atoms with van der Waals surface area (Å²) in [4.78, 5) is 25.1. The predicted molar refractivity (Wildman–Crippen MR) is 87.7 cm³/mol. The molecule has 0 spiro atoms. The quantitative estimate of drug-likeness (QED) is 0.755. The summed E-state index contributed by atoms with van der Waals surface area (Å²) in [7, 11) is 4.95. The minimum Gasteiger partial charge on any atom is -0.493 e. The van der Waals surface area contributed by atoms with E-state index in [0.717, 1.165) is 12.0 Å². The topological polar surface area (TPSA) is 79.9 Å². The minimum absolute atomic E-state index is 0.0971. The Labute approximate surface area is 136 Å². The molecule has 0 aromatic heterocycles. The minimum atomic E-state index is -0.468. The van der Waals surface area contributed by atoms with Gasteiger partial charge in [-0.15, -0.1) is 0 Å². The Morgan fingerprint density at radius 1 is 1.22 bits per heavy atom. The largest absolute Gasteiger partial charge is 0.493 e. The summed E-state index contributed by atoms with van der Waals surface area (Å²) in [6, 6.07) is 5.11. The molecule has 0 aliphatic rings. The van der Waals surface area contributed by atoms with Crippen molar-refractivity contribution in [2.45, 2.75) is 19.9 Å². The summed E-state index contributed by atoms with van der Waals surface area (Å²) >= 11 is 0. The number of carbonyl (C=O) groups excluding carboxylic acids is 2. The number of methoxy groups -OCH3 is 2. The fraction of sp³-hybridized carbons (Fsp3) is 0.500. The summed E-state index contributed by atoms with van der Waals surface area (Å²) in [5.41, 5.74) is 0.901. The summed E-state index contributed by atoms with van der Waals surface area (Å²) in [5, 5.41) is 4.89. The first-order chi connectivity index (χ1) is 11.0. The van der Waals surface area contributed by atoms with E-state index < -0.39 is 6.03 Å². The Kier molecular flexibility index (Phi) is 7.90. The van der Waals surface area contributed by atoms with Crippen LogP contribution in [0.15, 0.2) is 18.2 Å². The summed E-state index contributed by atoms with van der Waals surface area (Å²) in [5.74, 6) is 0.924. The maximum absolute atomic E-state index is 11.8. The summed E-state index contributed by atoms with van der Waals surface area (Å²) < 4.78 is 10.6. The number of amides is 3. The average Bonchev–Trinajstić information content (AvgIpc) is 2.52. The van der Waals surface area contributed by atoms with Crippen molar-refractivity contribution in [1.82, 2.24) is 15.5 Å². The van der Waals surface area contributed by atoms with Crippen molar-refractivity contribution in [3.63, 3.8) is 0 Å². The van der Waals surface area contributed by atoms with Crippen molar-refractivity contribution >= 4 is 11.9 Å². The molecule has 0 unspecified atom stereocenters. The average molecular weight is 323 g/mol. The number of carbonyl (C=O) groups is 2. The highest BCUT2D eigenvalue weighted by molar-refractivity contribution is 5.95. The molecule has 1 aromatic rings. The third-order valence-electron chi connectivity index (χ3n) is 3.13. The Bertz CT molecular complexity index is 534. The van der Waals surface area contributed by atoms with E-state index in [2.05, 4.69) is 10.6 Å². The van der Waals surface area contributed by atoms with Crippen molar-refractivity contribution in [3.05, 3.63) is 23.8 Å². The van der Waals surface area contributed by atoms with Crippen LogP contribution in [0.3, 0.4) is 0 Å². The molecule has 23 heavy (non-hydrogen) atoms. The highest BCUT2D eigenvalue weighted by Gasteiger charge is 2.14. The monoisotopic (exact) mass is 323 g/mol. The van der Waals surface area contributed by atoms with Gasteiger partial charge in [0.15, 0.2) is 11.5 Å². The van der Waals surface area contributed by atoms with E-state index in [4.69, 9.17) is 9.47 Å². The molecular weight excluding hydrogens is 298 g/mol. The second-order valence-corrected chi connectivity index (χ2v) is 5.13. The molecule has 0 saturated heterocycles. The van der Waals surface area contributed by atoms with Gasteiger partial charge in [0.1, 0.15) is 0 Å². The van der Waals surface area contributed by atoms with E-state index in [1.54, 1.807) is 26.2 Å². The highest BCUT2D eigenvalue weighted by atomic mass is 16.5. The molecule has 0 bridgehead atoms. The van der Waals surface area contributed by atoms with Gasteiger partial charge in [-0.2, -0.15) is 0 Å². The molecule has 0 aliphatic heterocycles. The van der Waals surface area contributed by atoms with E-state index in [1.165, 1.54) is 0 Å². The number of imide groups is 1. The van der Waals surface area contributed by atoms with Crippen LogP contribution < -0.4 is 20.1 Å². The van der Waals surface area contributed by atoms with Crippen molar-refractivity contribution in [2.24, 2.45) is 0 Å². The van der Waals surface area contributed by atoms with Gasteiger partial charge in [0, 0.05) is 18.7 Å². The number of ether oxygens (including phenoxy) is 2. The van der Waals surface area contributed by atoms with E-state index in [9.17, 15) is 9.59 Å². The highest BCUT2D eigenvalue weighted by Crippen LogP contribution is 2.31. The molecule has 0 saturated carbocycles. The molecular formula is C16H25N3O4. The molecule has 0 aliphatic carbocycles. The number of para-hydroxylation sites is 1. The van der Waals surface area contributed by atoms with E-state index in [1.807, 2.05) is 25.1 Å². The molecule has 3 amide bonds. The Hall–Kier alpha value is -2.28. The predicted octanol–water partition coefficient (Wildman–Crippen LogP) is 1.37. The number of nitrogens with zero attached hydrogens (tertiary/aromatic N) is 1. The van der Waals surface area contributed by atoms with Gasteiger partial charge >= 0.3 is 6.03 Å². The van der Waals surface area contributed by atoms with Gasteiger partial charge < -0.3 is 14.8 Å². The molecule has 0 heterocycles. The molecule has 1 rings (SSSR count). The van der Waals surface area contributed by atoms with Gasteiger partial charge in [-0.05, 0) is 19.5 Å². The van der Waals surface area contributed by atoms with Gasteiger partial charge in [0.25, 0.3) is 0 Å². The lowest BCUT2D eigenvalue weighted by atomic mass is 10.1. The maximum Gasteiger partial charge on any atom is 0.321 e. The van der Waals surface area contributed by atoms with Crippen LogP contribution in [0.2, 0.25) is 0 Å². The van der Waals surface area contributed by atoms with E-state index in [0.29, 0.717) is 24.6 Å². The summed E-state index contributed by atoms with van der Waals surface area (Å²) in [6.07, 6.45) is 0.817. The fourth-order valence-corrected chi connectivity index (χ4v) is 2.12. The van der Waals surface area contributed by atoms with Crippen LogP contribution in [0.4, 0.5) is 4.79 Å². The van der Waals surface area contributed by atoms with Gasteiger partial charge in [-0.3, -0.25) is 15.0 Å². The first-order valence-corrected chi connectivity index (χ1v) is 7.47. The maximum atomic E-state index is 11.8. The number of nitrogens with one attached hydrogen (secondary N) is 2. The number of hydrogen-bond acceptors (Lipinski definition) is 5. The second-order valence-electron chi connectivity index (χ2n) is 5.13. The molecule has 0 fully saturated rings. The van der Waals surface area contributed by atoms with Crippen molar-refractivity contribution < 1.29 is 19.1 Å². The lowest BCUT2D eigenvalue weighted by Crippen LogP contribution is -2.43. The first kappa shape index (κ1) is 18.8. The van der Waals surface area contributed by atoms with Crippen LogP contribution >= 0.6 is 0 Å². The van der Waals surface area contributed by atoms with E-state index in [-0.39, 0.29) is 12.5 Å². The molecule has 0 radical (unpaired) electrons. The number of urea groups is 1. The molecule has 0 atom stereocenters. The Balaban J connectivity index is 2.58. The van der Waals surface area contributed by atoms with E-state index >= 15 is 0 Å². The Morgan fingerprint density at radius 2 is 1.96 bits per heavy atom. The molecule has 128 valence electrons. The Morgan fingerprint density at radius 3 is 2.57 bits per heavy atom. The van der Waals surface area contributed by atoms with Gasteiger partial charge in [-0.25, -0.2) is 4.79 Å². The molecule has 7 nitrogen and oxygen atoms in total. The van der Waals surface area contributed by atoms with Crippen molar-refractivity contribution in [1.29, 1.82) is 0 Å². The number of likely N-dealkylation sites (N-methyl/N-ethyl adjacent to an activating group) is 1. The van der Waals surface area contributed by atoms with Crippen LogP contribution in [0.5, 0.6) is 11.5 Å². The summed E-state index contributed by atoms with van der Waals surface area (Å²) in [6.45, 7) is 3.07. The van der Waals surface area contributed by atoms with Crippen LogP contribution in [-0.4, -0.2) is 51.2 Å². The lowest BCUT2D eigenvalue weighted by Gasteiger charge is -2.19. The standard InChI is InChI=1S/C16H25N3O4/c1-5-9-17-16(21)18-14(20)11-19(2)10-12-7-6-8-13(22-3)15(12)23-4/h6-8H,5,9-11H2,1-4H3,(H2,17,18,20,21). The first-order valence-electron chi connectivity index (χ1n) is 7.47. The third-order valence-corrected chi connectivity index (χ3v) is 3.13. The zero-order chi connectivity index (χ0) is 17.2. The zero-order valence-electron chi connectivity index (χ0n) is 14.1. The van der Waals surface area contributed by atoms with Crippen LogP contribution in [0.1, 0.15) is 18.9 Å². The van der Waals surface area contributed by atoms with Crippen LogP contribution in [0, 0.1) is 0 Å². The normalized spacial score (nSPS) is 10.3. The zero-order valence-corrected chi connectivity index (χ0v) is 14.1. The lowest BCUT2D eigenvalue weighted by molar-refractivity contribution is -0.120. The SMILES string of the molecule is CCCNC(=O)NC(=O)CN(C)Cc1cccc(OC)c1OC. The molecule has 7 heteroatoms. The van der Waals surface area contributed by atoms with Gasteiger partial charge in [0.2, 0.25) is 5.91 Å². The number of benzene rings is 1. The van der Waals surface area contributed by atoms with Gasteiger partial charge in [-0.1, -0.05) is 19.1 Å². The molecule has 2 N–H and O–H groups in total. The van der Waals surface area contributed by atoms with Crippen molar-refractivity contribution in [2.75, 3.05) is 34.4 Å². The van der Waals surface area contributed by atoms with Gasteiger partial charge in [0.05, 0.1) is 20.8 Å². The van der Waals surface area contributed by atoms with Crippen molar-refractivity contribution in [3.8, 4) is 11.5 Å². The molecule has 1 aromatic carbocycles.